The molecule has 55 heavy (non-hydrogen) atoms. The van der Waals surface area contributed by atoms with Gasteiger partial charge < -0.3 is 20.6 Å². The highest BCUT2D eigenvalue weighted by Crippen LogP contribution is 2.38. The Morgan fingerprint density at radius 2 is 1.76 bits per heavy atom. The lowest BCUT2D eigenvalue weighted by Crippen LogP contribution is -2.43. The van der Waals surface area contributed by atoms with Crippen LogP contribution >= 0.6 is 0 Å². The van der Waals surface area contributed by atoms with Gasteiger partial charge in [-0.2, -0.15) is 4.98 Å². The van der Waals surface area contributed by atoms with Crippen LogP contribution in [0.2, 0.25) is 0 Å². The van der Waals surface area contributed by atoms with Crippen molar-refractivity contribution in [3.63, 3.8) is 0 Å². The topological polar surface area (TPSA) is 159 Å². The molecule has 5 heterocycles. The van der Waals surface area contributed by atoms with E-state index < -0.39 is 5.60 Å². The number of aromatic nitrogens is 5. The number of carbonyl (C=O) groups is 2. The maximum atomic E-state index is 13.5. The number of aliphatic hydroxyl groups is 1. The minimum atomic E-state index is -0.989. The van der Waals surface area contributed by atoms with E-state index in [1.54, 1.807) is 21.6 Å². The van der Waals surface area contributed by atoms with E-state index >= 15 is 0 Å². The third-order valence-electron chi connectivity index (χ3n) is 11.4. The second kappa shape index (κ2) is 15.2. The molecule has 1 unspecified atom stereocenters. The molecule has 0 saturated carbocycles. The van der Waals surface area contributed by atoms with Gasteiger partial charge in [0.25, 0.3) is 5.56 Å². The van der Waals surface area contributed by atoms with Crippen LogP contribution in [0, 0.1) is 0 Å². The zero-order chi connectivity index (χ0) is 38.1. The molecule has 0 spiro atoms. The summed E-state index contributed by atoms with van der Waals surface area (Å²) in [6, 6.07) is 20.8. The molecule has 1 aliphatic carbocycles. The first kappa shape index (κ1) is 36.3. The van der Waals surface area contributed by atoms with Gasteiger partial charge in [0.2, 0.25) is 17.8 Å². The van der Waals surface area contributed by atoms with Gasteiger partial charge in [0.05, 0.1) is 18.2 Å². The quantitative estimate of drug-likeness (QED) is 0.104. The molecule has 4 N–H and O–H groups in total. The number of fused-ring (bicyclic) bond motifs is 2. The number of nitrogens with one attached hydrogen (secondary N) is 3. The van der Waals surface area contributed by atoms with E-state index in [1.165, 1.54) is 5.56 Å². The van der Waals surface area contributed by atoms with Crippen molar-refractivity contribution >= 4 is 40.2 Å². The van der Waals surface area contributed by atoms with Crippen LogP contribution in [0.25, 0.3) is 16.9 Å². The summed E-state index contributed by atoms with van der Waals surface area (Å²) in [5.74, 6) is 0.224. The minimum Gasteiger partial charge on any atom is -0.384 e. The summed E-state index contributed by atoms with van der Waals surface area (Å²) in [7, 11) is 0. The maximum absolute atomic E-state index is 13.5. The van der Waals surface area contributed by atoms with Gasteiger partial charge in [0.15, 0.2) is 11.5 Å². The highest BCUT2D eigenvalue weighted by atomic mass is 16.3. The van der Waals surface area contributed by atoms with Crippen LogP contribution in [-0.4, -0.2) is 66.9 Å². The van der Waals surface area contributed by atoms with E-state index in [0.29, 0.717) is 60.2 Å². The number of nitrogens with zero attached hydrogens (tertiary/aromatic N) is 6. The van der Waals surface area contributed by atoms with E-state index in [4.69, 9.17) is 9.97 Å². The average molecular weight is 742 g/mol. The van der Waals surface area contributed by atoms with Crippen molar-refractivity contribution in [2.45, 2.75) is 82.4 Å². The number of piperidine rings is 2. The molecule has 2 atom stereocenters. The second-order valence-corrected chi connectivity index (χ2v) is 14.9. The number of amides is 2. The second-order valence-electron chi connectivity index (χ2n) is 14.9. The molecule has 2 saturated heterocycles. The number of rotatable bonds is 12. The fourth-order valence-electron chi connectivity index (χ4n) is 8.19. The SMILES string of the molecule is C=CCn1c(=O)c2cnc(Nc3ccc(N4CCC(NCCc5ccc(C6CCC(=O)NC6=O)cc5)CC4)cc3)nc2n1-c1ccc2c(n1)[C@@](O)(CC)CC2. The van der Waals surface area contributed by atoms with Crippen LogP contribution in [0.15, 0.2) is 84.3 Å². The molecule has 0 radical (unpaired) electrons. The summed E-state index contributed by atoms with van der Waals surface area (Å²) in [6.45, 7) is 8.86. The van der Waals surface area contributed by atoms with Crippen molar-refractivity contribution < 1.29 is 14.7 Å². The van der Waals surface area contributed by atoms with Gasteiger partial charge in [0, 0.05) is 43.1 Å². The van der Waals surface area contributed by atoms with E-state index in [2.05, 4.69) is 56.7 Å². The Balaban J connectivity index is 0.879. The molecule has 8 rings (SSSR count). The summed E-state index contributed by atoms with van der Waals surface area (Å²) in [5, 5.41) is 21.1. The zero-order valence-corrected chi connectivity index (χ0v) is 31.1. The molecular formula is C42H47N9O4. The minimum absolute atomic E-state index is 0.189. The number of benzene rings is 2. The standard InChI is InChI=1S/C42H47N9O4/c1-3-23-50-40(54)34-26-44-41(48-38(34)51(50)35-15-9-29-17-21-42(55,4-2)37(29)46-35)45-31-10-12-32(13-11-31)49-24-19-30(20-25-49)43-22-18-27-5-7-28(8-6-27)33-14-16-36(52)47-39(33)53/h3,5-13,15,26,30,33,43,55H,1,4,14,16-25H2,2H3,(H,44,45,48)(H,47,52,53)/t33?,42-/m1/s1. The smallest absolute Gasteiger partial charge is 0.278 e. The first-order valence-corrected chi connectivity index (χ1v) is 19.3. The first-order valence-electron chi connectivity index (χ1n) is 19.3. The first-order chi connectivity index (χ1) is 26.7. The predicted molar refractivity (Wildman–Crippen MR) is 212 cm³/mol. The molecule has 5 aromatic rings. The summed E-state index contributed by atoms with van der Waals surface area (Å²) in [6.07, 6.45) is 9.11. The van der Waals surface area contributed by atoms with Crippen LogP contribution in [0.1, 0.15) is 73.8 Å². The average Bonchev–Trinajstić information content (AvgIpc) is 3.68. The van der Waals surface area contributed by atoms with E-state index in [9.17, 15) is 19.5 Å². The Kier molecular flexibility index (Phi) is 10.1. The summed E-state index contributed by atoms with van der Waals surface area (Å²) in [4.78, 5) is 53.7. The zero-order valence-electron chi connectivity index (χ0n) is 31.1. The number of allylic oxidation sites excluding steroid dienone is 1. The van der Waals surface area contributed by atoms with E-state index in [1.807, 2.05) is 43.3 Å². The molecule has 2 aromatic carbocycles. The van der Waals surface area contributed by atoms with Crippen molar-refractivity contribution in [2.24, 2.45) is 0 Å². The summed E-state index contributed by atoms with van der Waals surface area (Å²) in [5.41, 5.74) is 5.04. The Morgan fingerprint density at radius 1 is 0.982 bits per heavy atom. The van der Waals surface area contributed by atoms with Crippen LogP contribution < -0.4 is 26.4 Å². The highest BCUT2D eigenvalue weighted by molar-refractivity contribution is 6.00. The monoisotopic (exact) mass is 741 g/mol. The fraction of sp³-hybridized carbons (Fsp3) is 0.381. The molecule has 13 nitrogen and oxygen atoms in total. The van der Waals surface area contributed by atoms with E-state index in [-0.39, 0.29) is 29.8 Å². The molecule has 3 aliphatic rings. The van der Waals surface area contributed by atoms with Crippen LogP contribution in [0.4, 0.5) is 17.3 Å². The lowest BCUT2D eigenvalue weighted by atomic mass is 9.90. The van der Waals surface area contributed by atoms with Crippen LogP contribution in [-0.2, 0) is 34.6 Å². The molecule has 2 aliphatic heterocycles. The number of hydrogen-bond donors (Lipinski definition) is 4. The van der Waals surface area contributed by atoms with Gasteiger partial charge in [-0.05, 0) is 98.5 Å². The maximum Gasteiger partial charge on any atom is 0.278 e. The van der Waals surface area contributed by atoms with Crippen molar-refractivity contribution in [3.8, 4) is 5.82 Å². The summed E-state index contributed by atoms with van der Waals surface area (Å²) < 4.78 is 3.24. The molecule has 13 heteroatoms. The van der Waals surface area contributed by atoms with E-state index in [0.717, 1.165) is 67.8 Å². The molecule has 0 bridgehead atoms. The third kappa shape index (κ3) is 7.29. The van der Waals surface area contributed by atoms with Crippen molar-refractivity contribution in [1.82, 2.24) is 34.9 Å². The number of carbonyl (C=O) groups excluding carboxylic acids is 2. The Morgan fingerprint density at radius 3 is 2.49 bits per heavy atom. The van der Waals surface area contributed by atoms with Crippen molar-refractivity contribution in [2.75, 3.05) is 29.9 Å². The Bertz CT molecular complexity index is 2290. The lowest BCUT2D eigenvalue weighted by molar-refractivity contribution is -0.134. The predicted octanol–water partition coefficient (Wildman–Crippen LogP) is 4.77. The molecule has 3 aromatic heterocycles. The normalized spacial score (nSPS) is 20.1. The molecule has 2 fully saturated rings. The molecule has 2 amide bonds. The third-order valence-corrected chi connectivity index (χ3v) is 11.4. The summed E-state index contributed by atoms with van der Waals surface area (Å²) >= 11 is 0. The van der Waals surface area contributed by atoms with Gasteiger partial charge in [0.1, 0.15) is 11.0 Å². The fourth-order valence-corrected chi connectivity index (χ4v) is 8.19. The Hall–Kier alpha value is -5.66. The molecule has 284 valence electrons. The number of pyridine rings is 1. The number of anilines is 3. The van der Waals surface area contributed by atoms with Gasteiger partial charge >= 0.3 is 0 Å². The molecular weight excluding hydrogens is 695 g/mol. The van der Waals surface area contributed by atoms with Crippen LogP contribution in [0.3, 0.4) is 0 Å². The van der Waals surface area contributed by atoms with Crippen molar-refractivity contribution in [3.05, 3.63) is 112 Å². The van der Waals surface area contributed by atoms with Crippen molar-refractivity contribution in [1.29, 1.82) is 0 Å². The van der Waals surface area contributed by atoms with Gasteiger partial charge in [-0.3, -0.25) is 19.7 Å². The van der Waals surface area contributed by atoms with Gasteiger partial charge in [-0.1, -0.05) is 43.3 Å². The van der Waals surface area contributed by atoms with Crippen LogP contribution in [0.5, 0.6) is 0 Å². The van der Waals surface area contributed by atoms with Gasteiger partial charge in [-0.25, -0.2) is 19.3 Å². The highest BCUT2D eigenvalue weighted by Gasteiger charge is 2.37. The lowest BCUT2D eigenvalue weighted by Gasteiger charge is -2.34. The number of hydrogen-bond acceptors (Lipinski definition) is 10. The van der Waals surface area contributed by atoms with Gasteiger partial charge in [-0.15, -0.1) is 6.58 Å². The Labute approximate surface area is 319 Å². The largest absolute Gasteiger partial charge is 0.384 e. The number of aryl methyl sites for hydroxylation is 1. The number of imide groups is 1.